The van der Waals surface area contributed by atoms with E-state index in [0.29, 0.717) is 17.1 Å². The summed E-state index contributed by atoms with van der Waals surface area (Å²) < 4.78 is 4.91. The number of hydrogen-bond donors (Lipinski definition) is 2. The van der Waals surface area contributed by atoms with Gasteiger partial charge in [0.2, 0.25) is 5.91 Å². The molecular formula is C23H31N3O3. The minimum absolute atomic E-state index is 0.0890. The summed E-state index contributed by atoms with van der Waals surface area (Å²) in [6.07, 6.45) is 3.45. The highest BCUT2D eigenvalue weighted by molar-refractivity contribution is 6.11. The molecule has 156 valence electrons. The van der Waals surface area contributed by atoms with Gasteiger partial charge in [-0.1, -0.05) is 39.0 Å². The van der Waals surface area contributed by atoms with Crippen LogP contribution in [0.3, 0.4) is 0 Å². The Hall–Kier alpha value is -2.34. The summed E-state index contributed by atoms with van der Waals surface area (Å²) in [6, 6.07) is 7.71. The fourth-order valence-corrected chi connectivity index (χ4v) is 5.86. The first-order valence-electron chi connectivity index (χ1n) is 10.4. The predicted octanol–water partition coefficient (Wildman–Crippen LogP) is 4.18. The highest BCUT2D eigenvalue weighted by Gasteiger charge is 2.51. The van der Waals surface area contributed by atoms with Gasteiger partial charge in [0.25, 0.3) is 0 Å². The molecule has 2 fully saturated rings. The third kappa shape index (κ3) is 3.54. The van der Waals surface area contributed by atoms with Crippen LogP contribution in [0.15, 0.2) is 24.3 Å². The second kappa shape index (κ2) is 6.87. The van der Waals surface area contributed by atoms with E-state index in [1.807, 2.05) is 31.2 Å². The number of hydrogen-bond acceptors (Lipinski definition) is 4. The molecule has 0 radical (unpaired) electrons. The molecule has 1 saturated carbocycles. The molecule has 1 aromatic heterocycles. The maximum atomic E-state index is 13.2. The number of anilines is 1. The zero-order valence-corrected chi connectivity index (χ0v) is 18.0. The van der Waals surface area contributed by atoms with Gasteiger partial charge in [-0.2, -0.15) is 0 Å². The zero-order valence-electron chi connectivity index (χ0n) is 18.0. The number of aromatic amines is 1. The Morgan fingerprint density at radius 2 is 1.97 bits per heavy atom. The molecule has 2 heterocycles. The first-order valence-corrected chi connectivity index (χ1v) is 10.4. The number of methoxy groups -OCH3 is 1. The van der Waals surface area contributed by atoms with Gasteiger partial charge in [0.05, 0.1) is 18.8 Å². The molecule has 0 spiro atoms. The Kier molecular flexibility index (Phi) is 4.73. The fraction of sp³-hybridized carbons (Fsp3) is 0.565. The van der Waals surface area contributed by atoms with Crippen LogP contribution in [0.5, 0.6) is 0 Å². The molecule has 1 aliphatic carbocycles. The van der Waals surface area contributed by atoms with Gasteiger partial charge < -0.3 is 15.0 Å². The number of nitrogens with zero attached hydrogens (tertiary/aromatic N) is 1. The summed E-state index contributed by atoms with van der Waals surface area (Å²) in [4.78, 5) is 30.9. The number of esters is 1. The van der Waals surface area contributed by atoms with Crippen LogP contribution in [0.4, 0.5) is 5.69 Å². The van der Waals surface area contributed by atoms with Crippen LogP contribution >= 0.6 is 0 Å². The fourth-order valence-electron chi connectivity index (χ4n) is 5.86. The number of para-hydroxylation sites is 1. The molecule has 1 aromatic carbocycles. The van der Waals surface area contributed by atoms with Crippen molar-refractivity contribution in [3.63, 3.8) is 0 Å². The number of fused-ring (bicyclic) bond motifs is 3. The lowest BCUT2D eigenvalue weighted by molar-refractivity contribution is -0.121. The van der Waals surface area contributed by atoms with Gasteiger partial charge in [-0.15, -0.1) is 0 Å². The summed E-state index contributed by atoms with van der Waals surface area (Å²) in [5.74, 6) is -0.579. The largest absolute Gasteiger partial charge is 0.464 e. The summed E-state index contributed by atoms with van der Waals surface area (Å²) in [7, 11) is 1.34. The summed E-state index contributed by atoms with van der Waals surface area (Å²) in [6.45, 7) is 9.92. The number of aromatic nitrogens is 1. The van der Waals surface area contributed by atoms with E-state index in [4.69, 9.17) is 4.74 Å². The Bertz CT molecular complexity index is 963. The molecule has 2 N–H and O–H groups in total. The lowest BCUT2D eigenvalue weighted by Crippen LogP contribution is -2.45. The monoisotopic (exact) mass is 397 g/mol. The van der Waals surface area contributed by atoms with Crippen molar-refractivity contribution in [3.05, 3.63) is 30.0 Å². The number of ether oxygens (including phenoxy) is 1. The van der Waals surface area contributed by atoms with Crippen molar-refractivity contribution in [2.75, 3.05) is 19.0 Å². The van der Waals surface area contributed by atoms with Crippen LogP contribution in [0.2, 0.25) is 0 Å². The Labute approximate surface area is 172 Å². The van der Waals surface area contributed by atoms with E-state index in [2.05, 4.69) is 36.0 Å². The number of benzene rings is 1. The molecule has 1 saturated heterocycles. The van der Waals surface area contributed by atoms with E-state index in [0.717, 1.165) is 30.3 Å². The zero-order chi connectivity index (χ0) is 21.0. The lowest BCUT2D eigenvalue weighted by atomic mass is 9.65. The van der Waals surface area contributed by atoms with Crippen LogP contribution < -0.4 is 5.32 Å². The van der Waals surface area contributed by atoms with Crippen LogP contribution in [0.25, 0.3) is 10.9 Å². The highest BCUT2D eigenvalue weighted by Crippen LogP contribution is 2.53. The number of rotatable bonds is 4. The topological polar surface area (TPSA) is 74.4 Å². The number of carbonyl (C=O) groups is 2. The van der Waals surface area contributed by atoms with Crippen molar-refractivity contribution in [2.24, 2.45) is 10.8 Å². The molecule has 4 rings (SSSR count). The Morgan fingerprint density at radius 3 is 2.69 bits per heavy atom. The molecule has 29 heavy (non-hydrogen) atoms. The van der Waals surface area contributed by atoms with E-state index in [1.165, 1.54) is 13.5 Å². The number of likely N-dealkylation sites (tertiary alicyclic amines) is 1. The van der Waals surface area contributed by atoms with Gasteiger partial charge in [-0.3, -0.25) is 9.69 Å². The molecule has 1 amide bonds. The van der Waals surface area contributed by atoms with Gasteiger partial charge in [0.1, 0.15) is 5.69 Å². The van der Waals surface area contributed by atoms with Crippen molar-refractivity contribution in [2.45, 2.75) is 59.0 Å². The average molecular weight is 398 g/mol. The lowest BCUT2D eigenvalue weighted by Gasteiger charge is -2.40. The Balaban J connectivity index is 1.60. The van der Waals surface area contributed by atoms with E-state index in [1.54, 1.807) is 0 Å². The van der Waals surface area contributed by atoms with Crippen molar-refractivity contribution < 1.29 is 14.3 Å². The van der Waals surface area contributed by atoms with E-state index < -0.39 is 5.97 Å². The highest BCUT2D eigenvalue weighted by atomic mass is 16.5. The van der Waals surface area contributed by atoms with Crippen molar-refractivity contribution in [1.29, 1.82) is 0 Å². The normalized spacial score (nSPS) is 27.0. The second-order valence-corrected chi connectivity index (χ2v) is 9.96. The molecule has 6 heteroatoms. The standard InChI is InChI=1S/C23H31N3O3/c1-14(26-13-23(4)11-15(26)10-22(2,3)12-23)20(27)25-18-16-8-6-7-9-17(16)24-19(18)21(28)29-5/h6-9,14-15,24H,10-13H2,1-5H3,(H,25,27)/t14-,15-,23-/m0/s1. The number of carbonyl (C=O) groups excluding carboxylic acids is 2. The average Bonchev–Trinajstić information content (AvgIpc) is 3.14. The summed E-state index contributed by atoms with van der Waals surface area (Å²) in [5, 5.41) is 3.83. The molecule has 6 nitrogen and oxygen atoms in total. The molecule has 2 bridgehead atoms. The smallest absolute Gasteiger partial charge is 0.356 e. The van der Waals surface area contributed by atoms with Gasteiger partial charge >= 0.3 is 5.97 Å². The number of amides is 1. The van der Waals surface area contributed by atoms with Gasteiger partial charge in [0, 0.05) is 23.5 Å². The van der Waals surface area contributed by atoms with Crippen LogP contribution in [-0.2, 0) is 9.53 Å². The van der Waals surface area contributed by atoms with E-state index in [9.17, 15) is 9.59 Å². The minimum Gasteiger partial charge on any atom is -0.464 e. The first-order chi connectivity index (χ1) is 13.6. The van der Waals surface area contributed by atoms with Crippen molar-refractivity contribution in [1.82, 2.24) is 9.88 Å². The van der Waals surface area contributed by atoms with E-state index >= 15 is 0 Å². The quantitative estimate of drug-likeness (QED) is 0.759. The van der Waals surface area contributed by atoms with Crippen molar-refractivity contribution >= 4 is 28.5 Å². The SMILES string of the molecule is COC(=O)c1[nH]c2ccccc2c1NC(=O)[C@H](C)N1C[C@@]2(C)C[C@@H]1CC(C)(C)C2. The molecule has 0 unspecified atom stereocenters. The molecule has 2 aliphatic rings. The van der Waals surface area contributed by atoms with Gasteiger partial charge in [-0.05, 0) is 43.1 Å². The molecule has 3 atom stereocenters. The molecule has 2 aromatic rings. The minimum atomic E-state index is -0.490. The van der Waals surface area contributed by atoms with Crippen molar-refractivity contribution in [3.8, 4) is 0 Å². The molecule has 1 aliphatic heterocycles. The maximum absolute atomic E-state index is 13.2. The number of H-pyrrole nitrogens is 1. The third-order valence-electron chi connectivity index (χ3n) is 6.68. The predicted molar refractivity (Wildman–Crippen MR) is 114 cm³/mol. The van der Waals surface area contributed by atoms with Crippen LogP contribution in [0, 0.1) is 10.8 Å². The number of nitrogens with one attached hydrogen (secondary N) is 2. The van der Waals surface area contributed by atoms with E-state index in [-0.39, 0.29) is 23.1 Å². The maximum Gasteiger partial charge on any atom is 0.356 e. The van der Waals surface area contributed by atoms with Crippen LogP contribution in [-0.4, -0.2) is 47.5 Å². The van der Waals surface area contributed by atoms with Gasteiger partial charge in [-0.25, -0.2) is 4.79 Å². The summed E-state index contributed by atoms with van der Waals surface area (Å²) in [5.41, 5.74) is 2.14. The molecular weight excluding hydrogens is 366 g/mol. The van der Waals surface area contributed by atoms with Crippen LogP contribution in [0.1, 0.15) is 57.4 Å². The first kappa shape index (κ1) is 20.0. The summed E-state index contributed by atoms with van der Waals surface area (Å²) >= 11 is 0. The third-order valence-corrected chi connectivity index (χ3v) is 6.68. The second-order valence-electron chi connectivity index (χ2n) is 9.96. The Morgan fingerprint density at radius 1 is 1.24 bits per heavy atom. The van der Waals surface area contributed by atoms with Gasteiger partial charge in [0.15, 0.2) is 0 Å².